The molecule has 0 aliphatic heterocycles. The molecule has 25 heavy (non-hydrogen) atoms. The maximum Gasteiger partial charge on any atom is 0.0629 e. The van der Waals surface area contributed by atoms with Crippen LogP contribution in [0.25, 0.3) is 0 Å². The van der Waals surface area contributed by atoms with Gasteiger partial charge in [0.05, 0.1) is 38.4 Å². The first-order valence-electron chi connectivity index (χ1n) is 9.24. The van der Waals surface area contributed by atoms with Gasteiger partial charge < -0.3 is 20.1 Å². The third-order valence-electron chi connectivity index (χ3n) is 4.29. The molecule has 0 aliphatic carbocycles. The van der Waals surface area contributed by atoms with Crippen LogP contribution in [0.5, 0.6) is 0 Å². The number of ether oxygens (including phenoxy) is 1. The van der Waals surface area contributed by atoms with Crippen molar-refractivity contribution in [2.75, 3.05) is 33.0 Å². The molecule has 0 aliphatic rings. The molecule has 0 atom stereocenters. The minimum atomic E-state index is -0.938. The van der Waals surface area contributed by atoms with Crippen LogP contribution >= 0.6 is 0 Å². The van der Waals surface area contributed by atoms with Crippen molar-refractivity contribution in [2.45, 2.75) is 59.8 Å². The molecule has 0 aromatic rings. The molecule has 3 N–H and O–H groups in total. The zero-order valence-corrected chi connectivity index (χ0v) is 16.6. The van der Waals surface area contributed by atoms with E-state index in [-0.39, 0.29) is 26.4 Å². The molecular formula is C21H38O4. The third kappa shape index (κ3) is 12.1. The van der Waals surface area contributed by atoms with E-state index >= 15 is 0 Å². The summed E-state index contributed by atoms with van der Waals surface area (Å²) >= 11 is 0. The average molecular weight is 355 g/mol. The van der Waals surface area contributed by atoms with Crippen LogP contribution in [0.15, 0.2) is 34.9 Å². The molecule has 0 bridgehead atoms. The Balaban J connectivity index is 3.97. The van der Waals surface area contributed by atoms with Gasteiger partial charge >= 0.3 is 0 Å². The molecule has 0 rings (SSSR count). The molecule has 0 saturated carbocycles. The van der Waals surface area contributed by atoms with Crippen molar-refractivity contribution in [2.24, 2.45) is 5.41 Å². The van der Waals surface area contributed by atoms with Crippen molar-refractivity contribution in [1.82, 2.24) is 0 Å². The first-order chi connectivity index (χ1) is 11.9. The van der Waals surface area contributed by atoms with Gasteiger partial charge in [-0.2, -0.15) is 0 Å². The Bertz CT molecular complexity index is 419. The predicted molar refractivity (Wildman–Crippen MR) is 105 cm³/mol. The minimum Gasteiger partial charge on any atom is -0.396 e. The fraction of sp³-hybridized carbons (Fsp3) is 0.714. The Kier molecular flexibility index (Phi) is 13.7. The van der Waals surface area contributed by atoms with Gasteiger partial charge in [0.1, 0.15) is 0 Å². The van der Waals surface area contributed by atoms with Gasteiger partial charge in [0.15, 0.2) is 0 Å². The van der Waals surface area contributed by atoms with Crippen LogP contribution in [-0.4, -0.2) is 48.4 Å². The molecule has 0 amide bonds. The van der Waals surface area contributed by atoms with Crippen LogP contribution in [0.1, 0.15) is 59.8 Å². The first kappa shape index (κ1) is 24.1. The summed E-state index contributed by atoms with van der Waals surface area (Å²) in [4.78, 5) is 0. The SMILES string of the molecule is CC(C)=CCCC(C)=CCCC(C)=CCCOCC(CO)(CO)CO. The maximum absolute atomic E-state index is 9.22. The van der Waals surface area contributed by atoms with Gasteiger partial charge in [0.25, 0.3) is 0 Å². The fourth-order valence-electron chi connectivity index (χ4n) is 2.30. The number of allylic oxidation sites excluding steroid dienone is 5. The lowest BCUT2D eigenvalue weighted by Crippen LogP contribution is -2.38. The molecule has 0 aromatic heterocycles. The molecule has 0 radical (unpaired) electrons. The van der Waals surface area contributed by atoms with Crippen LogP contribution in [-0.2, 0) is 4.74 Å². The largest absolute Gasteiger partial charge is 0.396 e. The zero-order chi connectivity index (χ0) is 19.1. The van der Waals surface area contributed by atoms with E-state index in [1.54, 1.807) is 0 Å². The standard InChI is InChI=1S/C21H38O4/c1-18(2)8-5-9-19(3)10-6-11-20(4)12-7-13-25-17-21(14-22,15-23)16-24/h8,10,12,22-24H,5-7,9,11,13-17H2,1-4H3. The summed E-state index contributed by atoms with van der Waals surface area (Å²) in [6.07, 6.45) is 11.9. The highest BCUT2D eigenvalue weighted by atomic mass is 16.5. The van der Waals surface area contributed by atoms with Crippen molar-refractivity contribution in [3.63, 3.8) is 0 Å². The van der Waals surface area contributed by atoms with Crippen LogP contribution < -0.4 is 0 Å². The molecule has 0 aromatic carbocycles. The molecule has 146 valence electrons. The van der Waals surface area contributed by atoms with Crippen molar-refractivity contribution >= 4 is 0 Å². The normalized spacial score (nSPS) is 13.2. The molecule has 0 unspecified atom stereocenters. The Morgan fingerprint density at radius 3 is 1.72 bits per heavy atom. The molecule has 0 spiro atoms. The summed E-state index contributed by atoms with van der Waals surface area (Å²) in [5.41, 5.74) is 3.23. The highest BCUT2D eigenvalue weighted by molar-refractivity contribution is 5.05. The first-order valence-corrected chi connectivity index (χ1v) is 9.24. The fourth-order valence-corrected chi connectivity index (χ4v) is 2.30. The van der Waals surface area contributed by atoms with Gasteiger partial charge in [0, 0.05) is 0 Å². The lowest BCUT2D eigenvalue weighted by molar-refractivity contribution is -0.0568. The third-order valence-corrected chi connectivity index (χ3v) is 4.29. The molecule has 0 heterocycles. The average Bonchev–Trinajstić information content (AvgIpc) is 2.58. The number of hydrogen-bond donors (Lipinski definition) is 3. The Morgan fingerprint density at radius 2 is 1.24 bits per heavy atom. The highest BCUT2D eigenvalue weighted by Crippen LogP contribution is 2.15. The van der Waals surface area contributed by atoms with E-state index < -0.39 is 5.41 Å². The van der Waals surface area contributed by atoms with Gasteiger partial charge in [-0.25, -0.2) is 0 Å². The second kappa shape index (κ2) is 14.3. The number of aliphatic hydroxyl groups excluding tert-OH is 3. The molecular weight excluding hydrogens is 316 g/mol. The van der Waals surface area contributed by atoms with E-state index in [4.69, 9.17) is 4.74 Å². The zero-order valence-electron chi connectivity index (χ0n) is 16.6. The summed E-state index contributed by atoms with van der Waals surface area (Å²) in [6.45, 7) is 8.43. The van der Waals surface area contributed by atoms with E-state index in [1.807, 2.05) is 0 Å². The topological polar surface area (TPSA) is 69.9 Å². The van der Waals surface area contributed by atoms with E-state index in [0.717, 1.165) is 32.1 Å². The van der Waals surface area contributed by atoms with Crippen molar-refractivity contribution in [1.29, 1.82) is 0 Å². The predicted octanol–water partition coefficient (Wildman–Crippen LogP) is 3.78. The lowest BCUT2D eigenvalue weighted by Gasteiger charge is -2.26. The van der Waals surface area contributed by atoms with E-state index in [2.05, 4.69) is 45.9 Å². The van der Waals surface area contributed by atoms with Gasteiger partial charge in [-0.1, -0.05) is 34.9 Å². The van der Waals surface area contributed by atoms with Crippen LogP contribution in [0, 0.1) is 5.41 Å². The monoisotopic (exact) mass is 354 g/mol. The smallest absolute Gasteiger partial charge is 0.0629 e. The summed E-state index contributed by atoms with van der Waals surface area (Å²) < 4.78 is 5.49. The van der Waals surface area contributed by atoms with Crippen LogP contribution in [0.3, 0.4) is 0 Å². The maximum atomic E-state index is 9.22. The molecule has 4 nitrogen and oxygen atoms in total. The van der Waals surface area contributed by atoms with Crippen molar-refractivity contribution < 1.29 is 20.1 Å². The second-order valence-corrected chi connectivity index (χ2v) is 7.28. The lowest BCUT2D eigenvalue weighted by atomic mass is 9.93. The Labute approximate surface area is 153 Å². The van der Waals surface area contributed by atoms with Gasteiger partial charge in [-0.15, -0.1) is 0 Å². The summed E-state index contributed by atoms with van der Waals surface area (Å²) in [7, 11) is 0. The minimum absolute atomic E-state index is 0.164. The number of rotatable bonds is 14. The van der Waals surface area contributed by atoms with Crippen molar-refractivity contribution in [3.05, 3.63) is 34.9 Å². The van der Waals surface area contributed by atoms with Gasteiger partial charge in [0.2, 0.25) is 0 Å². The van der Waals surface area contributed by atoms with Gasteiger partial charge in [-0.05, 0) is 59.8 Å². The second-order valence-electron chi connectivity index (χ2n) is 7.28. The van der Waals surface area contributed by atoms with Crippen LogP contribution in [0.4, 0.5) is 0 Å². The quantitative estimate of drug-likeness (QED) is 0.328. The highest BCUT2D eigenvalue weighted by Gasteiger charge is 2.28. The van der Waals surface area contributed by atoms with E-state index in [1.165, 1.54) is 16.7 Å². The summed E-state index contributed by atoms with van der Waals surface area (Å²) in [5, 5.41) is 27.7. The van der Waals surface area contributed by atoms with Crippen LogP contribution in [0.2, 0.25) is 0 Å². The molecule has 0 fully saturated rings. The Hall–Kier alpha value is -0.940. The number of aliphatic hydroxyl groups is 3. The molecule has 4 heteroatoms. The van der Waals surface area contributed by atoms with Crippen molar-refractivity contribution in [3.8, 4) is 0 Å². The van der Waals surface area contributed by atoms with E-state index in [9.17, 15) is 15.3 Å². The summed E-state index contributed by atoms with van der Waals surface area (Å²) in [6, 6.07) is 0. The number of hydrogen-bond acceptors (Lipinski definition) is 4. The van der Waals surface area contributed by atoms with E-state index in [0.29, 0.717) is 6.61 Å². The Morgan fingerprint density at radius 1 is 0.760 bits per heavy atom. The molecule has 0 saturated heterocycles. The van der Waals surface area contributed by atoms with Gasteiger partial charge in [-0.3, -0.25) is 0 Å². The summed E-state index contributed by atoms with van der Waals surface area (Å²) in [5.74, 6) is 0.